The van der Waals surface area contributed by atoms with E-state index in [1.807, 2.05) is 0 Å². The van der Waals surface area contributed by atoms with Crippen LogP contribution in [0.5, 0.6) is 5.75 Å². The van der Waals surface area contributed by atoms with Crippen LogP contribution in [-0.2, 0) is 21.4 Å². The minimum absolute atomic E-state index is 0.0288. The Labute approximate surface area is 183 Å². The van der Waals surface area contributed by atoms with Gasteiger partial charge in [-0.05, 0) is 59.1 Å². The van der Waals surface area contributed by atoms with Crippen molar-refractivity contribution < 1.29 is 14.3 Å². The van der Waals surface area contributed by atoms with Gasteiger partial charge in [-0.25, -0.2) is 0 Å². The number of hydrogen-bond acceptors (Lipinski definition) is 3. The molecule has 0 aromatic heterocycles. The second-order valence-electron chi connectivity index (χ2n) is 11.0. The zero-order chi connectivity index (χ0) is 22.1. The van der Waals surface area contributed by atoms with Gasteiger partial charge in [0.1, 0.15) is 11.5 Å². The maximum atomic E-state index is 12.4. The lowest BCUT2D eigenvalue weighted by Crippen LogP contribution is -2.40. The summed E-state index contributed by atoms with van der Waals surface area (Å²) in [5.74, 6) is 1.40. The van der Waals surface area contributed by atoms with Crippen LogP contribution in [0.4, 0.5) is 0 Å². The summed E-state index contributed by atoms with van der Waals surface area (Å²) in [5, 5.41) is 0. The highest BCUT2D eigenvalue weighted by Gasteiger charge is 2.46. The summed E-state index contributed by atoms with van der Waals surface area (Å²) in [4.78, 5) is 24.3. The highest BCUT2D eigenvalue weighted by atomic mass is 16.5. The van der Waals surface area contributed by atoms with E-state index >= 15 is 0 Å². The average molecular weight is 413 g/mol. The lowest BCUT2D eigenvalue weighted by Gasteiger charge is -2.48. The molecule has 2 atom stereocenters. The van der Waals surface area contributed by atoms with Gasteiger partial charge in [0, 0.05) is 25.3 Å². The highest BCUT2D eigenvalue weighted by molar-refractivity contribution is 5.81. The first kappa shape index (κ1) is 23.0. The van der Waals surface area contributed by atoms with Crippen molar-refractivity contribution in [2.45, 2.75) is 111 Å². The minimum atomic E-state index is -0.279. The van der Waals surface area contributed by atoms with Gasteiger partial charge in [0.25, 0.3) is 0 Å². The Bertz CT molecular complexity index is 803. The molecule has 0 radical (unpaired) electrons. The van der Waals surface area contributed by atoms with E-state index in [0.29, 0.717) is 30.3 Å². The number of unbranched alkanes of at least 4 members (excludes halogenated alkanes) is 3. The highest BCUT2D eigenvalue weighted by Crippen LogP contribution is 2.55. The molecule has 0 saturated heterocycles. The Morgan fingerprint density at radius 1 is 1.20 bits per heavy atom. The van der Waals surface area contributed by atoms with Gasteiger partial charge in [0.05, 0.1) is 0 Å². The summed E-state index contributed by atoms with van der Waals surface area (Å²) >= 11 is 0. The fraction of sp³-hybridized carbons (Fsp3) is 0.704. The molecule has 1 fully saturated rings. The van der Waals surface area contributed by atoms with Gasteiger partial charge in [0.2, 0.25) is 0 Å². The van der Waals surface area contributed by atoms with Crippen LogP contribution in [0.1, 0.15) is 116 Å². The van der Waals surface area contributed by atoms with Gasteiger partial charge in [-0.15, -0.1) is 0 Å². The first-order valence-corrected chi connectivity index (χ1v) is 11.9. The molecule has 0 N–H and O–H groups in total. The molecule has 166 valence electrons. The van der Waals surface area contributed by atoms with Crippen molar-refractivity contribution in [1.29, 1.82) is 0 Å². The Balaban J connectivity index is 2.04. The van der Waals surface area contributed by atoms with Gasteiger partial charge >= 0.3 is 5.97 Å². The van der Waals surface area contributed by atoms with Crippen LogP contribution in [0.25, 0.3) is 0 Å². The standard InChI is InChI=1S/C27H40O3/c1-7-8-9-10-13-26(3,4)20-14-19-17-27(5,6)23-12-11-21(29)16-22(23)25(19)24(15-20)30-18(2)28/h14-15,22-23H,7-13,16-17H2,1-6H3/t22-,23-/m1/s1. The van der Waals surface area contributed by atoms with Gasteiger partial charge in [-0.1, -0.05) is 66.4 Å². The second-order valence-corrected chi connectivity index (χ2v) is 11.0. The average Bonchev–Trinajstić information content (AvgIpc) is 2.63. The summed E-state index contributed by atoms with van der Waals surface area (Å²) in [5.41, 5.74) is 3.85. The van der Waals surface area contributed by atoms with Gasteiger partial charge < -0.3 is 4.74 Å². The zero-order valence-corrected chi connectivity index (χ0v) is 19.9. The molecule has 0 aliphatic heterocycles. The molecule has 30 heavy (non-hydrogen) atoms. The molecule has 3 nitrogen and oxygen atoms in total. The van der Waals surface area contributed by atoms with Crippen LogP contribution in [0.2, 0.25) is 0 Å². The Kier molecular flexibility index (Phi) is 6.79. The number of ether oxygens (including phenoxy) is 1. The Morgan fingerprint density at radius 2 is 1.93 bits per heavy atom. The maximum Gasteiger partial charge on any atom is 0.308 e. The van der Waals surface area contributed by atoms with Crippen LogP contribution < -0.4 is 4.74 Å². The smallest absolute Gasteiger partial charge is 0.308 e. The number of carbonyl (C=O) groups excluding carboxylic acids is 2. The molecule has 1 saturated carbocycles. The summed E-state index contributed by atoms with van der Waals surface area (Å²) in [7, 11) is 0. The Morgan fingerprint density at radius 3 is 2.60 bits per heavy atom. The summed E-state index contributed by atoms with van der Waals surface area (Å²) < 4.78 is 5.79. The molecule has 1 aromatic rings. The van der Waals surface area contributed by atoms with E-state index in [2.05, 4.69) is 46.8 Å². The topological polar surface area (TPSA) is 43.4 Å². The van der Waals surface area contributed by atoms with Gasteiger partial charge in [-0.2, -0.15) is 0 Å². The van der Waals surface area contributed by atoms with Crippen molar-refractivity contribution in [3.05, 3.63) is 28.8 Å². The molecule has 2 aliphatic carbocycles. The number of carbonyl (C=O) groups is 2. The van der Waals surface area contributed by atoms with E-state index in [1.165, 1.54) is 43.7 Å². The SMILES string of the molecule is CCCCCCC(C)(C)c1cc2c(c(OC(C)=O)c1)[C@@H]1CC(=O)CC[C@H]1C(C)(C)C2. The molecule has 0 unspecified atom stereocenters. The lowest BCUT2D eigenvalue weighted by molar-refractivity contribution is -0.132. The maximum absolute atomic E-state index is 12.4. The molecular weight excluding hydrogens is 372 g/mol. The van der Waals surface area contributed by atoms with E-state index in [-0.39, 0.29) is 22.7 Å². The van der Waals surface area contributed by atoms with Crippen LogP contribution in [0.3, 0.4) is 0 Å². The van der Waals surface area contributed by atoms with Crippen LogP contribution >= 0.6 is 0 Å². The zero-order valence-electron chi connectivity index (χ0n) is 19.9. The van der Waals surface area contributed by atoms with Crippen LogP contribution in [-0.4, -0.2) is 11.8 Å². The quantitative estimate of drug-likeness (QED) is 0.278. The molecule has 3 rings (SSSR count). The predicted molar refractivity (Wildman–Crippen MR) is 122 cm³/mol. The van der Waals surface area contributed by atoms with Crippen molar-refractivity contribution >= 4 is 11.8 Å². The van der Waals surface area contributed by atoms with E-state index in [9.17, 15) is 9.59 Å². The molecule has 2 aliphatic rings. The Hall–Kier alpha value is -1.64. The number of benzene rings is 1. The third-order valence-electron chi connectivity index (χ3n) is 7.61. The van der Waals surface area contributed by atoms with Crippen molar-refractivity contribution in [2.24, 2.45) is 11.3 Å². The third kappa shape index (κ3) is 4.81. The number of hydrogen-bond donors (Lipinski definition) is 0. The summed E-state index contributed by atoms with van der Waals surface area (Å²) in [6, 6.07) is 4.47. The first-order chi connectivity index (χ1) is 14.0. The molecule has 1 aromatic carbocycles. The number of rotatable bonds is 7. The van der Waals surface area contributed by atoms with E-state index in [4.69, 9.17) is 4.74 Å². The number of Topliss-reactive ketones (excluding diaryl/α,β-unsaturated/α-hetero) is 1. The van der Waals surface area contributed by atoms with Crippen molar-refractivity contribution in [1.82, 2.24) is 0 Å². The third-order valence-corrected chi connectivity index (χ3v) is 7.61. The molecule has 0 heterocycles. The van der Waals surface area contributed by atoms with Crippen molar-refractivity contribution in [3.63, 3.8) is 0 Å². The van der Waals surface area contributed by atoms with Crippen molar-refractivity contribution in [2.75, 3.05) is 0 Å². The number of esters is 1. The van der Waals surface area contributed by atoms with E-state index < -0.39 is 0 Å². The normalized spacial score (nSPS) is 22.9. The van der Waals surface area contributed by atoms with E-state index in [0.717, 1.165) is 24.8 Å². The first-order valence-electron chi connectivity index (χ1n) is 11.9. The van der Waals surface area contributed by atoms with Crippen molar-refractivity contribution in [3.8, 4) is 5.75 Å². The number of fused-ring (bicyclic) bond motifs is 3. The monoisotopic (exact) mass is 412 g/mol. The fourth-order valence-corrected chi connectivity index (χ4v) is 5.89. The van der Waals surface area contributed by atoms with Crippen LogP contribution in [0.15, 0.2) is 12.1 Å². The van der Waals surface area contributed by atoms with Crippen LogP contribution in [0, 0.1) is 11.3 Å². The minimum Gasteiger partial charge on any atom is -0.426 e. The fourth-order valence-electron chi connectivity index (χ4n) is 5.89. The lowest BCUT2D eigenvalue weighted by atomic mass is 9.56. The molecule has 0 bridgehead atoms. The molecule has 0 amide bonds. The number of ketones is 1. The largest absolute Gasteiger partial charge is 0.426 e. The second kappa shape index (κ2) is 8.85. The van der Waals surface area contributed by atoms with Gasteiger partial charge in [-0.3, -0.25) is 9.59 Å². The molecule has 3 heteroatoms. The summed E-state index contributed by atoms with van der Waals surface area (Å²) in [6.45, 7) is 13.0. The van der Waals surface area contributed by atoms with Gasteiger partial charge in [0.15, 0.2) is 0 Å². The predicted octanol–water partition coefficient (Wildman–Crippen LogP) is 6.90. The van der Waals surface area contributed by atoms with E-state index in [1.54, 1.807) is 0 Å². The molecular formula is C27H40O3. The molecule has 0 spiro atoms. The summed E-state index contributed by atoms with van der Waals surface area (Å²) in [6.07, 6.45) is 9.31.